The van der Waals surface area contributed by atoms with Gasteiger partial charge in [-0.15, -0.1) is 0 Å². The van der Waals surface area contributed by atoms with Crippen LogP contribution in [0.1, 0.15) is 18.9 Å². The third-order valence-corrected chi connectivity index (χ3v) is 3.20. The van der Waals surface area contributed by atoms with Gasteiger partial charge in [0.05, 0.1) is 5.71 Å². The van der Waals surface area contributed by atoms with E-state index in [1.807, 2.05) is 0 Å². The number of nitrogens with one attached hydrogen (secondary N) is 1. The number of oxime groups is 1. The Labute approximate surface area is 119 Å². The van der Waals surface area contributed by atoms with Gasteiger partial charge in [0.2, 0.25) is 5.60 Å². The topological polar surface area (TPSA) is 76.7 Å². The normalized spacial score (nSPS) is 20.8. The predicted octanol–water partition coefficient (Wildman–Crippen LogP) is 2.34. The maximum atomic E-state index is 12.9. The molecule has 2 heterocycles. The zero-order valence-electron chi connectivity index (χ0n) is 11.2. The SMILES string of the molecule is CC1(C(=O)Nc2ccon2)CC(c2ccc(F)cc2)=NO1. The third kappa shape index (κ3) is 2.62. The number of amides is 1. The van der Waals surface area contributed by atoms with Crippen molar-refractivity contribution in [2.45, 2.75) is 18.9 Å². The van der Waals surface area contributed by atoms with Crippen LogP contribution in [0, 0.1) is 5.82 Å². The summed E-state index contributed by atoms with van der Waals surface area (Å²) < 4.78 is 17.6. The van der Waals surface area contributed by atoms with Crippen LogP contribution in [0.25, 0.3) is 0 Å². The molecule has 1 aliphatic rings. The first-order valence-corrected chi connectivity index (χ1v) is 6.30. The molecule has 21 heavy (non-hydrogen) atoms. The van der Waals surface area contributed by atoms with Gasteiger partial charge in [-0.05, 0) is 24.6 Å². The Morgan fingerprint density at radius 3 is 2.76 bits per heavy atom. The molecule has 0 fully saturated rings. The molecule has 0 radical (unpaired) electrons. The highest BCUT2D eigenvalue weighted by atomic mass is 19.1. The highest BCUT2D eigenvalue weighted by Crippen LogP contribution is 2.28. The maximum Gasteiger partial charge on any atom is 0.272 e. The second-order valence-corrected chi connectivity index (χ2v) is 4.88. The molecule has 0 aliphatic carbocycles. The number of nitrogens with zero attached hydrogens (tertiary/aromatic N) is 2. The summed E-state index contributed by atoms with van der Waals surface area (Å²) in [5.74, 6) is -0.401. The molecule has 108 valence electrons. The number of benzene rings is 1. The van der Waals surface area contributed by atoms with Crippen molar-refractivity contribution in [1.82, 2.24) is 5.16 Å². The largest absolute Gasteiger partial charge is 0.379 e. The fraction of sp³-hybridized carbons (Fsp3) is 0.214. The van der Waals surface area contributed by atoms with Crippen molar-refractivity contribution in [1.29, 1.82) is 0 Å². The molecule has 0 spiro atoms. The third-order valence-electron chi connectivity index (χ3n) is 3.20. The first-order chi connectivity index (χ1) is 10.1. The summed E-state index contributed by atoms with van der Waals surface area (Å²) >= 11 is 0. The van der Waals surface area contributed by atoms with Gasteiger partial charge in [-0.3, -0.25) is 4.79 Å². The minimum absolute atomic E-state index is 0.280. The van der Waals surface area contributed by atoms with E-state index in [1.54, 1.807) is 19.1 Å². The Bertz CT molecular complexity index is 682. The highest BCUT2D eigenvalue weighted by Gasteiger charge is 2.42. The molecular formula is C14H12FN3O3. The van der Waals surface area contributed by atoms with Crippen molar-refractivity contribution < 1.29 is 18.5 Å². The van der Waals surface area contributed by atoms with Crippen LogP contribution in [0.2, 0.25) is 0 Å². The van der Waals surface area contributed by atoms with Crippen LogP contribution >= 0.6 is 0 Å². The van der Waals surface area contributed by atoms with Gasteiger partial charge in [0.15, 0.2) is 5.82 Å². The maximum absolute atomic E-state index is 12.9. The van der Waals surface area contributed by atoms with Gasteiger partial charge in [-0.1, -0.05) is 22.4 Å². The first kappa shape index (κ1) is 13.3. The second-order valence-electron chi connectivity index (χ2n) is 4.88. The van der Waals surface area contributed by atoms with Crippen LogP contribution in [-0.4, -0.2) is 22.4 Å². The molecule has 6 nitrogen and oxygen atoms in total. The lowest BCUT2D eigenvalue weighted by Crippen LogP contribution is -2.40. The lowest BCUT2D eigenvalue weighted by molar-refractivity contribution is -0.136. The average molecular weight is 289 g/mol. The summed E-state index contributed by atoms with van der Waals surface area (Å²) in [5.41, 5.74) is 0.171. The molecule has 1 unspecified atom stereocenters. The smallest absolute Gasteiger partial charge is 0.272 e. The summed E-state index contributed by atoms with van der Waals surface area (Å²) in [4.78, 5) is 17.5. The van der Waals surface area contributed by atoms with E-state index in [1.165, 1.54) is 24.5 Å². The number of rotatable bonds is 3. The van der Waals surface area contributed by atoms with Crippen molar-refractivity contribution in [3.05, 3.63) is 48.0 Å². The van der Waals surface area contributed by atoms with Crippen molar-refractivity contribution in [2.75, 3.05) is 5.32 Å². The quantitative estimate of drug-likeness (QED) is 0.940. The molecule has 1 aromatic carbocycles. The van der Waals surface area contributed by atoms with Gasteiger partial charge in [-0.2, -0.15) is 0 Å². The van der Waals surface area contributed by atoms with Crippen LogP contribution in [0.4, 0.5) is 10.2 Å². The van der Waals surface area contributed by atoms with E-state index < -0.39 is 5.60 Å². The first-order valence-electron chi connectivity index (χ1n) is 6.30. The Balaban J connectivity index is 1.71. The molecule has 1 amide bonds. The van der Waals surface area contributed by atoms with Gasteiger partial charge in [0.25, 0.3) is 5.91 Å². The molecule has 1 aromatic heterocycles. The van der Waals surface area contributed by atoms with E-state index in [0.29, 0.717) is 11.5 Å². The Hall–Kier alpha value is -2.70. The zero-order chi connectivity index (χ0) is 14.9. The summed E-state index contributed by atoms with van der Waals surface area (Å²) in [7, 11) is 0. The lowest BCUT2D eigenvalue weighted by Gasteiger charge is -2.19. The fourth-order valence-corrected chi connectivity index (χ4v) is 1.98. The minimum Gasteiger partial charge on any atom is -0.379 e. The van der Waals surface area contributed by atoms with Crippen LogP contribution in [-0.2, 0) is 9.63 Å². The summed E-state index contributed by atoms with van der Waals surface area (Å²) in [6.07, 6.45) is 1.64. The molecule has 7 heteroatoms. The highest BCUT2D eigenvalue weighted by molar-refractivity contribution is 6.07. The molecule has 0 saturated heterocycles. The van der Waals surface area contributed by atoms with E-state index in [9.17, 15) is 9.18 Å². The molecular weight excluding hydrogens is 277 g/mol. The summed E-state index contributed by atoms with van der Waals surface area (Å²) in [6, 6.07) is 7.39. The second kappa shape index (κ2) is 5.01. The average Bonchev–Trinajstić information content (AvgIpc) is 3.10. The number of carbonyl (C=O) groups excluding carboxylic acids is 1. The van der Waals surface area contributed by atoms with Gasteiger partial charge in [0.1, 0.15) is 12.1 Å². The van der Waals surface area contributed by atoms with Crippen molar-refractivity contribution >= 4 is 17.4 Å². The van der Waals surface area contributed by atoms with Crippen molar-refractivity contribution in [3.63, 3.8) is 0 Å². The van der Waals surface area contributed by atoms with Gasteiger partial charge < -0.3 is 14.7 Å². The Morgan fingerprint density at radius 2 is 2.10 bits per heavy atom. The van der Waals surface area contributed by atoms with Crippen LogP contribution in [0.15, 0.2) is 46.3 Å². The van der Waals surface area contributed by atoms with Gasteiger partial charge in [0, 0.05) is 12.5 Å². The molecule has 0 bridgehead atoms. The van der Waals surface area contributed by atoms with E-state index in [2.05, 4.69) is 20.2 Å². The number of aromatic nitrogens is 1. The molecule has 0 saturated carbocycles. The van der Waals surface area contributed by atoms with Crippen molar-refractivity contribution in [2.24, 2.45) is 5.16 Å². The van der Waals surface area contributed by atoms with E-state index in [-0.39, 0.29) is 18.1 Å². The Morgan fingerprint density at radius 1 is 1.33 bits per heavy atom. The van der Waals surface area contributed by atoms with E-state index >= 15 is 0 Å². The minimum atomic E-state index is -1.14. The van der Waals surface area contributed by atoms with Gasteiger partial charge >= 0.3 is 0 Å². The van der Waals surface area contributed by atoms with Crippen LogP contribution < -0.4 is 5.32 Å². The van der Waals surface area contributed by atoms with Gasteiger partial charge in [-0.25, -0.2) is 4.39 Å². The monoisotopic (exact) mass is 289 g/mol. The van der Waals surface area contributed by atoms with Crippen LogP contribution in [0.3, 0.4) is 0 Å². The number of anilines is 1. The van der Waals surface area contributed by atoms with E-state index in [4.69, 9.17) is 4.84 Å². The molecule has 1 N–H and O–H groups in total. The molecule has 1 aliphatic heterocycles. The number of hydrogen-bond donors (Lipinski definition) is 1. The summed E-state index contributed by atoms with van der Waals surface area (Å²) in [5, 5.41) is 10.1. The van der Waals surface area contributed by atoms with Crippen LogP contribution in [0.5, 0.6) is 0 Å². The molecule has 3 rings (SSSR count). The molecule has 2 aromatic rings. The number of carbonyl (C=O) groups is 1. The Kier molecular flexibility index (Phi) is 3.17. The van der Waals surface area contributed by atoms with Crippen molar-refractivity contribution in [3.8, 4) is 0 Å². The standard InChI is InChI=1S/C14H12FN3O3/c1-14(13(19)16-12-6-7-20-18-12)8-11(17-21-14)9-2-4-10(15)5-3-9/h2-7H,8H2,1H3,(H,16,18,19). The lowest BCUT2D eigenvalue weighted by atomic mass is 9.95. The fourth-order valence-electron chi connectivity index (χ4n) is 1.98. The number of halogens is 1. The zero-order valence-corrected chi connectivity index (χ0v) is 11.2. The summed E-state index contributed by atoms with van der Waals surface area (Å²) in [6.45, 7) is 1.63. The van der Waals surface area contributed by atoms with E-state index in [0.717, 1.165) is 5.56 Å². The number of hydrogen-bond acceptors (Lipinski definition) is 5. The predicted molar refractivity (Wildman–Crippen MR) is 72.2 cm³/mol. The molecule has 1 atom stereocenters.